The number of methoxy groups -OCH3 is 1. The largest absolute Gasteiger partial charge is 0.467 e. The number of aromatic nitrogens is 1. The molecule has 1 atom stereocenters. The molecule has 1 heterocycles. The second-order valence-corrected chi connectivity index (χ2v) is 5.64. The van der Waals surface area contributed by atoms with E-state index in [0.29, 0.717) is 11.6 Å². The molecule has 24 heavy (non-hydrogen) atoms. The van der Waals surface area contributed by atoms with Crippen molar-refractivity contribution in [1.29, 1.82) is 0 Å². The van der Waals surface area contributed by atoms with Gasteiger partial charge in [-0.2, -0.15) is 0 Å². The Morgan fingerprint density at radius 2 is 1.92 bits per heavy atom. The van der Waals surface area contributed by atoms with Gasteiger partial charge in [-0.05, 0) is 36.8 Å². The average Bonchev–Trinajstić information content (AvgIpc) is 2.57. The molecule has 1 amide bonds. The lowest BCUT2D eigenvalue weighted by Gasteiger charge is -2.12. The number of halogens is 1. The smallest absolute Gasteiger partial charge is 0.328 e. The van der Waals surface area contributed by atoms with E-state index in [-0.39, 0.29) is 5.56 Å². The van der Waals surface area contributed by atoms with Gasteiger partial charge < -0.3 is 14.6 Å². The third kappa shape index (κ3) is 4.23. The first-order valence-electron chi connectivity index (χ1n) is 7.25. The summed E-state index contributed by atoms with van der Waals surface area (Å²) in [5, 5.41) is 3.05. The van der Waals surface area contributed by atoms with E-state index < -0.39 is 23.5 Å². The summed E-state index contributed by atoms with van der Waals surface area (Å²) in [4.78, 5) is 36.0. The average molecular weight is 349 g/mol. The molecule has 0 bridgehead atoms. The van der Waals surface area contributed by atoms with Gasteiger partial charge in [-0.3, -0.25) is 9.59 Å². The van der Waals surface area contributed by atoms with Crippen LogP contribution in [0.2, 0.25) is 5.02 Å². The van der Waals surface area contributed by atoms with Gasteiger partial charge in [-0.15, -0.1) is 0 Å². The standard InChI is InChI=1S/C17H17ClN2O4/c1-11(17(23)24-2)19-15(21)14-4-3-9-20(16(14)22)10-12-5-7-13(18)8-6-12/h3-9,11H,10H2,1-2H3,(H,19,21). The highest BCUT2D eigenvalue weighted by Gasteiger charge is 2.19. The van der Waals surface area contributed by atoms with Crippen LogP contribution >= 0.6 is 11.6 Å². The van der Waals surface area contributed by atoms with Crippen LogP contribution in [0.15, 0.2) is 47.4 Å². The maximum atomic E-state index is 12.5. The van der Waals surface area contributed by atoms with Gasteiger partial charge in [-0.25, -0.2) is 4.79 Å². The van der Waals surface area contributed by atoms with Crippen LogP contribution in [0.25, 0.3) is 0 Å². The molecule has 0 saturated heterocycles. The zero-order valence-electron chi connectivity index (χ0n) is 13.3. The number of benzene rings is 1. The molecule has 2 aromatic rings. The lowest BCUT2D eigenvalue weighted by molar-refractivity contribution is -0.142. The molecular weight excluding hydrogens is 332 g/mol. The van der Waals surface area contributed by atoms with E-state index >= 15 is 0 Å². The van der Waals surface area contributed by atoms with E-state index in [1.54, 1.807) is 36.5 Å². The number of amides is 1. The summed E-state index contributed by atoms with van der Waals surface area (Å²) < 4.78 is 5.96. The molecule has 0 radical (unpaired) electrons. The van der Waals surface area contributed by atoms with Crippen LogP contribution in [-0.4, -0.2) is 29.6 Å². The molecule has 6 nitrogen and oxygen atoms in total. The number of ether oxygens (including phenoxy) is 1. The summed E-state index contributed by atoms with van der Waals surface area (Å²) in [6.07, 6.45) is 1.59. The van der Waals surface area contributed by atoms with Crippen LogP contribution in [0.4, 0.5) is 0 Å². The van der Waals surface area contributed by atoms with Crippen LogP contribution in [0.3, 0.4) is 0 Å². The molecule has 0 aliphatic carbocycles. The maximum Gasteiger partial charge on any atom is 0.328 e. The Kier molecular flexibility index (Phi) is 5.76. The van der Waals surface area contributed by atoms with Crippen LogP contribution in [0.1, 0.15) is 22.8 Å². The monoisotopic (exact) mass is 348 g/mol. The van der Waals surface area contributed by atoms with E-state index in [9.17, 15) is 14.4 Å². The Bertz CT molecular complexity index is 799. The molecule has 2 rings (SSSR count). The van der Waals surface area contributed by atoms with Crippen molar-refractivity contribution >= 4 is 23.5 Å². The molecule has 126 valence electrons. The van der Waals surface area contributed by atoms with E-state index in [0.717, 1.165) is 5.56 Å². The van der Waals surface area contributed by atoms with Gasteiger partial charge in [0.1, 0.15) is 11.6 Å². The van der Waals surface area contributed by atoms with E-state index in [2.05, 4.69) is 10.1 Å². The number of nitrogens with zero attached hydrogens (tertiary/aromatic N) is 1. The summed E-state index contributed by atoms with van der Waals surface area (Å²) in [5.74, 6) is -1.20. The first-order chi connectivity index (χ1) is 11.4. The second-order valence-electron chi connectivity index (χ2n) is 5.20. The Hall–Kier alpha value is -2.60. The minimum Gasteiger partial charge on any atom is -0.467 e. The van der Waals surface area contributed by atoms with Gasteiger partial charge in [0.25, 0.3) is 11.5 Å². The number of hydrogen-bond donors (Lipinski definition) is 1. The van der Waals surface area contributed by atoms with Crippen molar-refractivity contribution in [3.63, 3.8) is 0 Å². The second kappa shape index (κ2) is 7.79. The molecule has 7 heteroatoms. The molecule has 0 fully saturated rings. The summed E-state index contributed by atoms with van der Waals surface area (Å²) in [5.41, 5.74) is 0.395. The Balaban J connectivity index is 2.21. The van der Waals surface area contributed by atoms with E-state index in [1.165, 1.54) is 24.7 Å². The lowest BCUT2D eigenvalue weighted by atomic mass is 10.2. The highest BCUT2D eigenvalue weighted by Crippen LogP contribution is 2.10. The lowest BCUT2D eigenvalue weighted by Crippen LogP contribution is -2.41. The van der Waals surface area contributed by atoms with Gasteiger partial charge in [0.2, 0.25) is 0 Å². The number of pyridine rings is 1. The fraction of sp³-hybridized carbons (Fsp3) is 0.235. The summed E-state index contributed by atoms with van der Waals surface area (Å²) in [6, 6.07) is 9.26. The van der Waals surface area contributed by atoms with Crippen molar-refractivity contribution in [2.75, 3.05) is 7.11 Å². The molecule has 1 aromatic heterocycles. The highest BCUT2D eigenvalue weighted by atomic mass is 35.5. The third-order valence-electron chi connectivity index (χ3n) is 3.43. The Labute approximate surface area is 144 Å². The maximum absolute atomic E-state index is 12.5. The van der Waals surface area contributed by atoms with Gasteiger partial charge in [0.15, 0.2) is 0 Å². The number of hydrogen-bond acceptors (Lipinski definition) is 4. The number of nitrogens with one attached hydrogen (secondary N) is 1. The number of esters is 1. The zero-order valence-corrected chi connectivity index (χ0v) is 14.0. The van der Waals surface area contributed by atoms with Crippen molar-refractivity contribution < 1.29 is 14.3 Å². The predicted octanol–water partition coefficient (Wildman–Crippen LogP) is 1.84. The van der Waals surface area contributed by atoms with E-state index in [4.69, 9.17) is 11.6 Å². The van der Waals surface area contributed by atoms with Crippen molar-refractivity contribution in [3.8, 4) is 0 Å². The van der Waals surface area contributed by atoms with E-state index in [1.807, 2.05) is 0 Å². The minimum atomic E-state index is -0.841. The minimum absolute atomic E-state index is 0.0396. The molecular formula is C17H17ClN2O4. The molecule has 0 aliphatic heterocycles. The summed E-state index contributed by atoms with van der Waals surface area (Å²) in [7, 11) is 1.23. The van der Waals surface area contributed by atoms with Crippen molar-refractivity contribution in [2.45, 2.75) is 19.5 Å². The van der Waals surface area contributed by atoms with Gasteiger partial charge >= 0.3 is 5.97 Å². The van der Waals surface area contributed by atoms with Crippen LogP contribution in [0, 0.1) is 0 Å². The van der Waals surface area contributed by atoms with Crippen molar-refractivity contribution in [1.82, 2.24) is 9.88 Å². The Morgan fingerprint density at radius 3 is 2.54 bits per heavy atom. The van der Waals surface area contributed by atoms with Gasteiger partial charge in [-0.1, -0.05) is 23.7 Å². The molecule has 0 aliphatic rings. The molecule has 0 saturated carbocycles. The van der Waals surface area contributed by atoms with Crippen molar-refractivity contribution in [2.24, 2.45) is 0 Å². The summed E-state index contributed by atoms with van der Waals surface area (Å²) in [6.45, 7) is 1.79. The SMILES string of the molecule is COC(=O)C(C)NC(=O)c1cccn(Cc2ccc(Cl)cc2)c1=O. The molecule has 1 N–H and O–H groups in total. The number of carbonyl (C=O) groups excluding carboxylic acids is 2. The predicted molar refractivity (Wildman–Crippen MR) is 90.2 cm³/mol. The van der Waals surface area contributed by atoms with Crippen LogP contribution in [-0.2, 0) is 16.1 Å². The first-order valence-corrected chi connectivity index (χ1v) is 7.62. The normalized spacial score (nSPS) is 11.6. The third-order valence-corrected chi connectivity index (χ3v) is 3.69. The fourth-order valence-corrected chi connectivity index (χ4v) is 2.26. The number of carbonyl (C=O) groups is 2. The number of rotatable bonds is 5. The fourth-order valence-electron chi connectivity index (χ4n) is 2.13. The van der Waals surface area contributed by atoms with Gasteiger partial charge in [0.05, 0.1) is 13.7 Å². The van der Waals surface area contributed by atoms with Crippen molar-refractivity contribution in [3.05, 3.63) is 69.1 Å². The first kappa shape index (κ1) is 17.7. The van der Waals surface area contributed by atoms with Crippen LogP contribution < -0.4 is 10.9 Å². The molecule has 1 unspecified atom stereocenters. The Morgan fingerprint density at radius 1 is 1.25 bits per heavy atom. The molecule has 0 spiro atoms. The molecule has 1 aromatic carbocycles. The quantitative estimate of drug-likeness (QED) is 0.836. The van der Waals surface area contributed by atoms with Gasteiger partial charge in [0, 0.05) is 11.2 Å². The zero-order chi connectivity index (χ0) is 17.7. The topological polar surface area (TPSA) is 77.4 Å². The van der Waals surface area contributed by atoms with Crippen LogP contribution in [0.5, 0.6) is 0 Å². The summed E-state index contributed by atoms with van der Waals surface area (Å²) >= 11 is 5.84. The highest BCUT2D eigenvalue weighted by molar-refractivity contribution is 6.30.